The second-order valence-corrected chi connectivity index (χ2v) is 5.30. The van der Waals surface area contributed by atoms with Crippen molar-refractivity contribution in [1.29, 1.82) is 0 Å². The standard InChI is InChI=1S/C17H21NO3/c1-4-10-18-15(12-9-7-6-8-11(12)3)14(13(19)5-2)16(20)17(18)21/h6-9,15,20H,4-5,10H2,1-3H3. The van der Waals surface area contributed by atoms with Crippen molar-refractivity contribution in [1.82, 2.24) is 4.90 Å². The molecule has 1 amide bonds. The van der Waals surface area contributed by atoms with Gasteiger partial charge in [-0.3, -0.25) is 9.59 Å². The zero-order valence-corrected chi connectivity index (χ0v) is 12.7. The number of aryl methyl sites for hydroxylation is 1. The van der Waals surface area contributed by atoms with Gasteiger partial charge < -0.3 is 10.0 Å². The molecule has 0 fully saturated rings. The zero-order valence-electron chi connectivity index (χ0n) is 12.7. The normalized spacial score (nSPS) is 18.5. The van der Waals surface area contributed by atoms with E-state index in [1.54, 1.807) is 11.8 Å². The number of hydrogen-bond acceptors (Lipinski definition) is 3. The minimum Gasteiger partial charge on any atom is -0.503 e. The van der Waals surface area contributed by atoms with Crippen LogP contribution in [0.3, 0.4) is 0 Å². The fourth-order valence-electron chi connectivity index (χ4n) is 2.82. The Hall–Kier alpha value is -2.10. The molecule has 1 N–H and O–H groups in total. The highest BCUT2D eigenvalue weighted by Gasteiger charge is 2.42. The minimum absolute atomic E-state index is 0.173. The highest BCUT2D eigenvalue weighted by Crippen LogP contribution is 2.39. The second-order valence-electron chi connectivity index (χ2n) is 5.30. The van der Waals surface area contributed by atoms with Crippen LogP contribution in [0.5, 0.6) is 0 Å². The Labute approximate surface area is 125 Å². The number of carbonyl (C=O) groups is 2. The first kappa shape index (κ1) is 15.3. The van der Waals surface area contributed by atoms with Gasteiger partial charge in [-0.25, -0.2) is 0 Å². The van der Waals surface area contributed by atoms with Crippen LogP contribution in [-0.2, 0) is 9.59 Å². The summed E-state index contributed by atoms with van der Waals surface area (Å²) < 4.78 is 0. The van der Waals surface area contributed by atoms with Crippen LogP contribution in [0.1, 0.15) is 43.9 Å². The number of amides is 1. The number of aliphatic hydroxyl groups excluding tert-OH is 1. The maximum absolute atomic E-state index is 12.3. The predicted octanol–water partition coefficient (Wildman–Crippen LogP) is 3.08. The van der Waals surface area contributed by atoms with Crippen LogP contribution in [-0.4, -0.2) is 28.2 Å². The summed E-state index contributed by atoms with van der Waals surface area (Å²) >= 11 is 0. The van der Waals surface area contributed by atoms with Gasteiger partial charge in [0.25, 0.3) is 5.91 Å². The van der Waals surface area contributed by atoms with E-state index in [4.69, 9.17) is 0 Å². The van der Waals surface area contributed by atoms with Gasteiger partial charge >= 0.3 is 0 Å². The van der Waals surface area contributed by atoms with Crippen molar-refractivity contribution < 1.29 is 14.7 Å². The summed E-state index contributed by atoms with van der Waals surface area (Å²) in [6, 6.07) is 7.21. The average Bonchev–Trinajstić information content (AvgIpc) is 2.72. The van der Waals surface area contributed by atoms with Crippen molar-refractivity contribution in [3.8, 4) is 0 Å². The molecule has 1 aliphatic heterocycles. The Morgan fingerprint density at radius 3 is 2.52 bits per heavy atom. The van der Waals surface area contributed by atoms with E-state index < -0.39 is 11.9 Å². The van der Waals surface area contributed by atoms with Crippen molar-refractivity contribution in [3.63, 3.8) is 0 Å². The number of nitrogens with zero attached hydrogens (tertiary/aromatic N) is 1. The van der Waals surface area contributed by atoms with Crippen LogP contribution in [0.25, 0.3) is 0 Å². The van der Waals surface area contributed by atoms with E-state index >= 15 is 0 Å². The van der Waals surface area contributed by atoms with Gasteiger partial charge in [0, 0.05) is 13.0 Å². The monoisotopic (exact) mass is 287 g/mol. The molecule has 0 bridgehead atoms. The van der Waals surface area contributed by atoms with E-state index in [9.17, 15) is 14.7 Å². The number of ketones is 1. The highest BCUT2D eigenvalue weighted by atomic mass is 16.3. The van der Waals surface area contributed by atoms with Crippen LogP contribution < -0.4 is 0 Å². The molecule has 1 heterocycles. The first-order chi connectivity index (χ1) is 10.0. The maximum Gasteiger partial charge on any atom is 0.290 e. The predicted molar refractivity (Wildman–Crippen MR) is 80.9 cm³/mol. The van der Waals surface area contributed by atoms with Crippen molar-refractivity contribution >= 4 is 11.7 Å². The third-order valence-electron chi connectivity index (χ3n) is 3.87. The molecular formula is C17H21NO3. The highest BCUT2D eigenvalue weighted by molar-refractivity contribution is 6.08. The van der Waals surface area contributed by atoms with Gasteiger partial charge in [0.05, 0.1) is 11.6 Å². The summed E-state index contributed by atoms with van der Waals surface area (Å²) in [7, 11) is 0. The molecule has 0 saturated heterocycles. The lowest BCUT2D eigenvalue weighted by molar-refractivity contribution is -0.129. The smallest absolute Gasteiger partial charge is 0.290 e. The van der Waals surface area contributed by atoms with Crippen LogP contribution in [0.4, 0.5) is 0 Å². The molecule has 1 atom stereocenters. The number of Topliss-reactive ketones (excluding diaryl/α,β-unsaturated/α-hetero) is 1. The van der Waals surface area contributed by atoms with Crippen LogP contribution in [0.2, 0.25) is 0 Å². The zero-order chi connectivity index (χ0) is 15.6. The number of carbonyl (C=O) groups excluding carboxylic acids is 2. The Bertz CT molecular complexity index is 604. The number of rotatable bonds is 5. The molecule has 0 saturated carbocycles. The van der Waals surface area contributed by atoms with Crippen molar-refractivity contribution in [2.24, 2.45) is 0 Å². The van der Waals surface area contributed by atoms with Crippen molar-refractivity contribution in [2.75, 3.05) is 6.54 Å². The molecule has 4 heteroatoms. The number of hydrogen-bond donors (Lipinski definition) is 1. The molecule has 0 aromatic heterocycles. The molecule has 4 nitrogen and oxygen atoms in total. The fraction of sp³-hybridized carbons (Fsp3) is 0.412. The maximum atomic E-state index is 12.3. The molecule has 1 unspecified atom stereocenters. The first-order valence-corrected chi connectivity index (χ1v) is 7.35. The molecule has 1 aromatic carbocycles. The SMILES string of the molecule is CCCN1C(=O)C(O)=C(C(=O)CC)C1c1ccccc1C. The first-order valence-electron chi connectivity index (χ1n) is 7.35. The summed E-state index contributed by atoms with van der Waals surface area (Å²) in [5, 5.41) is 10.1. The molecule has 0 radical (unpaired) electrons. The lowest BCUT2D eigenvalue weighted by Crippen LogP contribution is -2.32. The van der Waals surface area contributed by atoms with E-state index in [0.717, 1.165) is 17.5 Å². The molecule has 21 heavy (non-hydrogen) atoms. The average molecular weight is 287 g/mol. The summed E-state index contributed by atoms with van der Waals surface area (Å²) in [6.07, 6.45) is 1.05. The van der Waals surface area contributed by atoms with Crippen molar-refractivity contribution in [2.45, 2.75) is 39.7 Å². The van der Waals surface area contributed by atoms with E-state index in [0.29, 0.717) is 6.54 Å². The molecule has 0 spiro atoms. The summed E-state index contributed by atoms with van der Waals surface area (Å²) in [6.45, 7) is 6.18. The van der Waals surface area contributed by atoms with Gasteiger partial charge in [-0.1, -0.05) is 38.1 Å². The number of benzene rings is 1. The lowest BCUT2D eigenvalue weighted by Gasteiger charge is -2.27. The van der Waals surface area contributed by atoms with Crippen LogP contribution >= 0.6 is 0 Å². The second kappa shape index (κ2) is 6.12. The Balaban J connectivity index is 2.58. The van der Waals surface area contributed by atoms with Gasteiger partial charge in [0.1, 0.15) is 0 Å². The summed E-state index contributed by atoms with van der Waals surface area (Å²) in [4.78, 5) is 26.1. The molecule has 2 rings (SSSR count). The lowest BCUT2D eigenvalue weighted by atomic mass is 9.92. The summed E-state index contributed by atoms with van der Waals surface area (Å²) in [5.41, 5.74) is 2.15. The van der Waals surface area contributed by atoms with E-state index in [-0.39, 0.29) is 23.5 Å². The van der Waals surface area contributed by atoms with Gasteiger partial charge in [-0.05, 0) is 24.5 Å². The van der Waals surface area contributed by atoms with Crippen LogP contribution in [0, 0.1) is 6.92 Å². The third kappa shape index (κ3) is 2.58. The Morgan fingerprint density at radius 1 is 1.29 bits per heavy atom. The van der Waals surface area contributed by atoms with E-state index in [2.05, 4.69) is 0 Å². The largest absolute Gasteiger partial charge is 0.503 e. The fourth-order valence-corrected chi connectivity index (χ4v) is 2.82. The Morgan fingerprint density at radius 2 is 1.95 bits per heavy atom. The molecule has 1 aromatic rings. The van der Waals surface area contributed by atoms with E-state index in [1.165, 1.54) is 0 Å². The minimum atomic E-state index is -0.467. The molecule has 0 aliphatic carbocycles. The van der Waals surface area contributed by atoms with Gasteiger partial charge in [-0.2, -0.15) is 0 Å². The molecule has 1 aliphatic rings. The third-order valence-corrected chi connectivity index (χ3v) is 3.87. The van der Waals surface area contributed by atoms with Gasteiger partial charge in [0.15, 0.2) is 11.5 Å². The molecule has 112 valence electrons. The topological polar surface area (TPSA) is 57.6 Å². The van der Waals surface area contributed by atoms with Crippen LogP contribution in [0.15, 0.2) is 35.6 Å². The van der Waals surface area contributed by atoms with E-state index in [1.807, 2.05) is 38.1 Å². The molecular weight excluding hydrogens is 266 g/mol. The van der Waals surface area contributed by atoms with Gasteiger partial charge in [-0.15, -0.1) is 0 Å². The summed E-state index contributed by atoms with van der Waals surface area (Å²) in [5.74, 6) is -1.00. The van der Waals surface area contributed by atoms with Crippen molar-refractivity contribution in [3.05, 3.63) is 46.7 Å². The number of aliphatic hydroxyl groups is 1. The Kier molecular flexibility index (Phi) is 4.46. The quantitative estimate of drug-likeness (QED) is 0.905. The van der Waals surface area contributed by atoms with Gasteiger partial charge in [0.2, 0.25) is 0 Å².